The van der Waals surface area contributed by atoms with Crippen LogP contribution in [0, 0.1) is 12.7 Å². The molecule has 0 aliphatic carbocycles. The highest BCUT2D eigenvalue weighted by atomic mass is 32.2. The first-order valence-corrected chi connectivity index (χ1v) is 11.9. The Morgan fingerprint density at radius 2 is 1.56 bits per heavy atom. The van der Waals surface area contributed by atoms with Gasteiger partial charge in [-0.3, -0.25) is 9.10 Å². The number of carbonyl (C=O) groups excluding carboxylic acids is 1. The smallest absolute Gasteiger partial charge is 0.264 e. The zero-order valence-corrected chi connectivity index (χ0v) is 19.2. The predicted molar refractivity (Wildman–Crippen MR) is 124 cm³/mol. The van der Waals surface area contributed by atoms with E-state index in [9.17, 15) is 17.6 Å². The van der Waals surface area contributed by atoms with Crippen LogP contribution >= 0.6 is 0 Å². The summed E-state index contributed by atoms with van der Waals surface area (Å²) in [5, 5.41) is 2.86. The summed E-state index contributed by atoms with van der Waals surface area (Å²) >= 11 is 0. The van der Waals surface area contributed by atoms with Gasteiger partial charge in [0.05, 0.1) is 16.6 Å². The predicted octanol–water partition coefficient (Wildman–Crippen LogP) is 4.77. The first-order valence-electron chi connectivity index (χ1n) is 10.4. The van der Waals surface area contributed by atoms with Crippen LogP contribution in [-0.4, -0.2) is 20.9 Å². The minimum Gasteiger partial charge on any atom is -0.348 e. The van der Waals surface area contributed by atoms with Crippen LogP contribution in [0.15, 0.2) is 77.7 Å². The summed E-state index contributed by atoms with van der Waals surface area (Å²) in [6, 6.07) is 19.0. The fraction of sp³-hybridized carbons (Fsp3) is 0.240. The van der Waals surface area contributed by atoms with E-state index >= 15 is 0 Å². The highest BCUT2D eigenvalue weighted by molar-refractivity contribution is 7.92. The Morgan fingerprint density at radius 3 is 2.12 bits per heavy atom. The summed E-state index contributed by atoms with van der Waals surface area (Å²) in [5.41, 5.74) is 3.24. The quantitative estimate of drug-likeness (QED) is 0.533. The van der Waals surface area contributed by atoms with Gasteiger partial charge in [-0.05, 0) is 67.8 Å². The summed E-state index contributed by atoms with van der Waals surface area (Å²) in [7, 11) is -4.04. The van der Waals surface area contributed by atoms with Crippen molar-refractivity contribution in [3.05, 3.63) is 95.3 Å². The Balaban J connectivity index is 1.85. The molecule has 0 aromatic heterocycles. The van der Waals surface area contributed by atoms with Gasteiger partial charge in [-0.15, -0.1) is 0 Å². The highest BCUT2D eigenvalue weighted by Gasteiger charge is 2.27. The molecule has 5 nitrogen and oxygen atoms in total. The van der Waals surface area contributed by atoms with Crippen molar-refractivity contribution >= 4 is 21.6 Å². The van der Waals surface area contributed by atoms with Gasteiger partial charge in [-0.2, -0.15) is 0 Å². The molecule has 1 amide bonds. The number of nitrogens with one attached hydrogen (secondary N) is 1. The van der Waals surface area contributed by atoms with E-state index in [0.717, 1.165) is 21.9 Å². The molecule has 168 valence electrons. The number of hydrogen-bond donors (Lipinski definition) is 1. The number of amides is 1. The molecule has 0 saturated carbocycles. The molecule has 1 N–H and O–H groups in total. The van der Waals surface area contributed by atoms with Crippen LogP contribution in [0.2, 0.25) is 0 Å². The number of hydrogen-bond acceptors (Lipinski definition) is 3. The second kappa shape index (κ2) is 9.96. The Labute approximate surface area is 188 Å². The molecule has 0 aliphatic heterocycles. The molecule has 0 radical (unpaired) electrons. The monoisotopic (exact) mass is 454 g/mol. The molecular formula is C25H27FN2O3S. The summed E-state index contributed by atoms with van der Waals surface area (Å²) in [4.78, 5) is 12.9. The molecule has 3 aromatic carbocycles. The molecule has 32 heavy (non-hydrogen) atoms. The van der Waals surface area contributed by atoms with Gasteiger partial charge in [-0.25, -0.2) is 12.8 Å². The van der Waals surface area contributed by atoms with Crippen LogP contribution in [0.5, 0.6) is 0 Å². The minimum absolute atomic E-state index is 0.0587. The Morgan fingerprint density at radius 1 is 0.969 bits per heavy atom. The number of rotatable bonds is 8. The topological polar surface area (TPSA) is 66.5 Å². The SMILES string of the molecule is CCc1ccc([C@@H](C)NC(=O)CN(c2ccc(F)cc2)S(=O)(=O)c2ccc(C)cc2)cc1. The van der Waals surface area contributed by atoms with Crippen molar-refractivity contribution in [1.29, 1.82) is 0 Å². The maximum absolute atomic E-state index is 13.4. The summed E-state index contributed by atoms with van der Waals surface area (Å²) in [5.74, 6) is -0.952. The van der Waals surface area contributed by atoms with Gasteiger partial charge < -0.3 is 5.32 Å². The van der Waals surface area contributed by atoms with Gasteiger partial charge in [0.15, 0.2) is 0 Å². The first-order chi connectivity index (χ1) is 15.2. The molecular weight excluding hydrogens is 427 g/mol. The van der Waals surface area contributed by atoms with E-state index in [1.54, 1.807) is 12.1 Å². The number of aryl methyl sites for hydroxylation is 2. The second-order valence-electron chi connectivity index (χ2n) is 7.69. The Bertz CT molecular complexity index is 1160. The van der Waals surface area contributed by atoms with Crippen LogP contribution in [0.1, 0.15) is 36.6 Å². The molecule has 7 heteroatoms. The lowest BCUT2D eigenvalue weighted by atomic mass is 10.1. The van der Waals surface area contributed by atoms with Gasteiger partial charge in [0.25, 0.3) is 10.0 Å². The zero-order valence-electron chi connectivity index (χ0n) is 18.4. The van der Waals surface area contributed by atoms with Crippen LogP contribution in [0.3, 0.4) is 0 Å². The van der Waals surface area contributed by atoms with Gasteiger partial charge in [0, 0.05) is 0 Å². The average molecular weight is 455 g/mol. The van der Waals surface area contributed by atoms with Gasteiger partial charge in [0.2, 0.25) is 5.91 Å². The molecule has 3 rings (SSSR count). The van der Waals surface area contributed by atoms with Gasteiger partial charge in [0.1, 0.15) is 12.4 Å². The van der Waals surface area contributed by atoms with Crippen molar-refractivity contribution in [3.63, 3.8) is 0 Å². The van der Waals surface area contributed by atoms with Crippen molar-refractivity contribution in [3.8, 4) is 0 Å². The normalized spacial score (nSPS) is 12.2. The fourth-order valence-electron chi connectivity index (χ4n) is 3.30. The van der Waals surface area contributed by atoms with E-state index in [2.05, 4.69) is 12.2 Å². The molecule has 0 aliphatic rings. The third-order valence-electron chi connectivity index (χ3n) is 5.28. The fourth-order valence-corrected chi connectivity index (χ4v) is 4.72. The lowest BCUT2D eigenvalue weighted by molar-refractivity contribution is -0.120. The zero-order chi connectivity index (χ0) is 23.3. The van der Waals surface area contributed by atoms with Gasteiger partial charge in [-0.1, -0.05) is 48.9 Å². The Kier molecular flexibility index (Phi) is 7.30. The summed E-state index contributed by atoms with van der Waals surface area (Å²) in [6.45, 7) is 5.34. The lowest BCUT2D eigenvalue weighted by Crippen LogP contribution is -2.41. The average Bonchev–Trinajstić information content (AvgIpc) is 2.78. The molecule has 0 saturated heterocycles. The van der Waals surface area contributed by atoms with Gasteiger partial charge >= 0.3 is 0 Å². The van der Waals surface area contributed by atoms with E-state index in [0.29, 0.717) is 0 Å². The molecule has 0 fully saturated rings. The third kappa shape index (κ3) is 5.53. The van der Waals surface area contributed by atoms with E-state index in [-0.39, 0.29) is 16.6 Å². The molecule has 0 unspecified atom stereocenters. The van der Waals surface area contributed by atoms with Crippen molar-refractivity contribution in [2.45, 2.75) is 38.1 Å². The molecule has 0 spiro atoms. The molecule has 3 aromatic rings. The number of nitrogens with zero attached hydrogens (tertiary/aromatic N) is 1. The van der Waals surface area contributed by atoms with Crippen LogP contribution in [0.25, 0.3) is 0 Å². The van der Waals surface area contributed by atoms with Crippen molar-refractivity contribution in [2.24, 2.45) is 0 Å². The highest BCUT2D eigenvalue weighted by Crippen LogP contribution is 2.24. The number of carbonyl (C=O) groups is 1. The van der Waals surface area contributed by atoms with Crippen molar-refractivity contribution in [2.75, 3.05) is 10.8 Å². The van der Waals surface area contributed by atoms with E-state index in [1.807, 2.05) is 38.1 Å². The standard InChI is InChI=1S/C25H27FN2O3S/c1-4-20-7-9-21(10-8-20)19(3)27-25(29)17-28(23-13-11-22(26)12-14-23)32(30,31)24-15-5-18(2)6-16-24/h5-16,19H,4,17H2,1-3H3,(H,27,29)/t19-/m1/s1. The Hall–Kier alpha value is -3.19. The largest absolute Gasteiger partial charge is 0.348 e. The van der Waals surface area contributed by atoms with E-state index < -0.39 is 28.3 Å². The summed E-state index contributed by atoms with van der Waals surface area (Å²) in [6.07, 6.45) is 0.921. The number of anilines is 1. The number of benzene rings is 3. The second-order valence-corrected chi connectivity index (χ2v) is 9.55. The molecule has 1 atom stereocenters. The minimum atomic E-state index is -4.04. The van der Waals surface area contributed by atoms with Crippen molar-refractivity contribution in [1.82, 2.24) is 5.32 Å². The maximum atomic E-state index is 13.4. The van der Waals surface area contributed by atoms with Crippen LogP contribution in [-0.2, 0) is 21.2 Å². The molecule has 0 bridgehead atoms. The van der Waals surface area contributed by atoms with Crippen LogP contribution < -0.4 is 9.62 Å². The summed E-state index contributed by atoms with van der Waals surface area (Å²) < 4.78 is 41.1. The third-order valence-corrected chi connectivity index (χ3v) is 7.06. The maximum Gasteiger partial charge on any atom is 0.264 e. The number of sulfonamides is 1. The van der Waals surface area contributed by atoms with E-state index in [4.69, 9.17) is 0 Å². The van der Waals surface area contributed by atoms with Crippen LogP contribution in [0.4, 0.5) is 10.1 Å². The van der Waals surface area contributed by atoms with Crippen molar-refractivity contribution < 1.29 is 17.6 Å². The first kappa shape index (κ1) is 23.5. The number of halogens is 1. The molecule has 0 heterocycles. The van der Waals surface area contributed by atoms with E-state index in [1.165, 1.54) is 42.0 Å². The lowest BCUT2D eigenvalue weighted by Gasteiger charge is -2.25.